The maximum atomic E-state index is 12.0. The van der Waals surface area contributed by atoms with Crippen LogP contribution >= 0.6 is 34.2 Å². The summed E-state index contributed by atoms with van der Waals surface area (Å²) in [5.41, 5.74) is 0.714. The van der Waals surface area contributed by atoms with E-state index in [-0.39, 0.29) is 11.3 Å². The normalized spacial score (nSPS) is 12.5. The van der Waals surface area contributed by atoms with Crippen LogP contribution in [0.25, 0.3) is 0 Å². The van der Waals surface area contributed by atoms with E-state index in [1.807, 2.05) is 24.3 Å². The molecule has 0 aliphatic rings. The molecule has 0 aliphatic heterocycles. The van der Waals surface area contributed by atoms with Crippen molar-refractivity contribution in [2.45, 2.75) is 32.1 Å². The second kappa shape index (κ2) is 8.00. The van der Waals surface area contributed by atoms with Crippen LogP contribution in [0.15, 0.2) is 24.3 Å². The largest absolute Gasteiger partial charge is 0.351 e. The van der Waals surface area contributed by atoms with Gasteiger partial charge in [-0.3, -0.25) is 4.79 Å². The zero-order valence-electron chi connectivity index (χ0n) is 10.7. The molecule has 1 N–H and O–H groups in total. The molecule has 0 radical (unpaired) electrons. The minimum Gasteiger partial charge on any atom is -0.351 e. The Morgan fingerprint density at radius 3 is 2.50 bits per heavy atom. The SMILES string of the molecule is CCC(CC)C(Cl)CNC(=O)c1ccccc1I. The number of carbonyl (C=O) groups is 1. The van der Waals surface area contributed by atoms with E-state index in [1.54, 1.807) is 0 Å². The molecule has 0 aromatic heterocycles. The predicted octanol–water partition coefficient (Wildman–Crippen LogP) is 4.06. The molecule has 1 atom stereocenters. The first-order chi connectivity index (χ1) is 8.60. The highest BCUT2D eigenvalue weighted by Crippen LogP contribution is 2.18. The van der Waals surface area contributed by atoms with Crippen LogP contribution in [0, 0.1) is 9.49 Å². The zero-order valence-corrected chi connectivity index (χ0v) is 13.7. The van der Waals surface area contributed by atoms with E-state index in [4.69, 9.17) is 11.6 Å². The van der Waals surface area contributed by atoms with Gasteiger partial charge in [-0.2, -0.15) is 0 Å². The Kier molecular flexibility index (Phi) is 7.00. The predicted molar refractivity (Wildman–Crippen MR) is 85.2 cm³/mol. The molecule has 0 aliphatic carbocycles. The molecule has 4 heteroatoms. The monoisotopic (exact) mass is 379 g/mol. The van der Waals surface area contributed by atoms with Crippen LogP contribution in [-0.2, 0) is 0 Å². The average molecular weight is 380 g/mol. The highest BCUT2D eigenvalue weighted by atomic mass is 127. The van der Waals surface area contributed by atoms with Gasteiger partial charge >= 0.3 is 0 Å². The number of hydrogen-bond acceptors (Lipinski definition) is 1. The summed E-state index contributed by atoms with van der Waals surface area (Å²) in [6.07, 6.45) is 2.09. The van der Waals surface area contributed by atoms with Crippen molar-refractivity contribution in [1.29, 1.82) is 0 Å². The molecule has 1 amide bonds. The van der Waals surface area contributed by atoms with Gasteiger partial charge < -0.3 is 5.32 Å². The zero-order chi connectivity index (χ0) is 13.5. The molecule has 1 aromatic rings. The molecule has 1 rings (SSSR count). The quantitative estimate of drug-likeness (QED) is 0.586. The van der Waals surface area contributed by atoms with Crippen molar-refractivity contribution in [2.75, 3.05) is 6.54 Å². The van der Waals surface area contributed by atoms with Crippen LogP contribution in [0.2, 0.25) is 0 Å². The highest BCUT2D eigenvalue weighted by Gasteiger charge is 2.17. The van der Waals surface area contributed by atoms with Crippen molar-refractivity contribution < 1.29 is 4.79 Å². The minimum absolute atomic E-state index is 0.00493. The van der Waals surface area contributed by atoms with Crippen LogP contribution in [0.1, 0.15) is 37.0 Å². The molecule has 1 aromatic carbocycles. The molecule has 0 spiro atoms. The van der Waals surface area contributed by atoms with Crippen LogP contribution < -0.4 is 5.32 Å². The number of amides is 1. The molecule has 0 fully saturated rings. The Morgan fingerprint density at radius 1 is 1.33 bits per heavy atom. The summed E-state index contributed by atoms with van der Waals surface area (Å²) >= 11 is 8.47. The number of benzene rings is 1. The van der Waals surface area contributed by atoms with Crippen molar-refractivity contribution in [3.63, 3.8) is 0 Å². The van der Waals surface area contributed by atoms with Gasteiger partial charge in [0.1, 0.15) is 0 Å². The first-order valence-corrected chi connectivity index (χ1v) is 7.78. The van der Waals surface area contributed by atoms with E-state index in [0.29, 0.717) is 18.0 Å². The molecule has 100 valence electrons. The number of hydrogen-bond donors (Lipinski definition) is 1. The van der Waals surface area contributed by atoms with E-state index in [9.17, 15) is 4.79 Å². The van der Waals surface area contributed by atoms with Gasteiger partial charge in [-0.25, -0.2) is 0 Å². The van der Waals surface area contributed by atoms with Crippen molar-refractivity contribution in [2.24, 2.45) is 5.92 Å². The maximum absolute atomic E-state index is 12.0. The van der Waals surface area contributed by atoms with Crippen molar-refractivity contribution in [3.8, 4) is 0 Å². The van der Waals surface area contributed by atoms with Crippen LogP contribution in [0.5, 0.6) is 0 Å². The molecule has 0 saturated carbocycles. The molecule has 1 unspecified atom stereocenters. The van der Waals surface area contributed by atoms with E-state index < -0.39 is 0 Å². The third-order valence-corrected chi connectivity index (χ3v) is 4.59. The topological polar surface area (TPSA) is 29.1 Å². The number of halogens is 2. The van der Waals surface area contributed by atoms with Crippen LogP contribution in [0.3, 0.4) is 0 Å². The number of nitrogens with one attached hydrogen (secondary N) is 1. The molecule has 0 bridgehead atoms. The molecule has 0 saturated heterocycles. The third kappa shape index (κ3) is 4.43. The lowest BCUT2D eigenvalue weighted by molar-refractivity contribution is 0.0950. The van der Waals surface area contributed by atoms with Gasteiger partial charge in [0, 0.05) is 10.1 Å². The van der Waals surface area contributed by atoms with Crippen molar-refractivity contribution >= 4 is 40.1 Å². The Balaban J connectivity index is 2.54. The second-order valence-corrected chi connectivity index (χ2v) is 6.01. The fourth-order valence-corrected chi connectivity index (χ4v) is 2.96. The summed E-state index contributed by atoms with van der Waals surface area (Å²) < 4.78 is 0.959. The van der Waals surface area contributed by atoms with Crippen LogP contribution in [0.4, 0.5) is 0 Å². The summed E-state index contributed by atoms with van der Waals surface area (Å²) in [4.78, 5) is 12.0. The van der Waals surface area contributed by atoms with Crippen molar-refractivity contribution in [1.82, 2.24) is 5.32 Å². The fraction of sp³-hybridized carbons (Fsp3) is 0.500. The van der Waals surface area contributed by atoms with E-state index in [0.717, 1.165) is 16.4 Å². The summed E-state index contributed by atoms with van der Waals surface area (Å²) in [6.45, 7) is 4.79. The lowest BCUT2D eigenvalue weighted by Gasteiger charge is -2.19. The summed E-state index contributed by atoms with van der Waals surface area (Å²) in [5, 5.41) is 2.92. The Hall–Kier alpha value is -0.290. The second-order valence-electron chi connectivity index (χ2n) is 4.28. The summed E-state index contributed by atoms with van der Waals surface area (Å²) in [5.74, 6) is 0.415. The highest BCUT2D eigenvalue weighted by molar-refractivity contribution is 14.1. The first-order valence-electron chi connectivity index (χ1n) is 6.26. The first kappa shape index (κ1) is 15.8. The Labute approximate surface area is 128 Å². The average Bonchev–Trinajstić information content (AvgIpc) is 2.38. The summed E-state index contributed by atoms with van der Waals surface area (Å²) in [7, 11) is 0. The van der Waals surface area contributed by atoms with Gasteiger partial charge in [-0.1, -0.05) is 38.8 Å². The number of carbonyl (C=O) groups excluding carboxylic acids is 1. The van der Waals surface area contributed by atoms with Crippen LogP contribution in [-0.4, -0.2) is 17.8 Å². The van der Waals surface area contributed by atoms with Crippen molar-refractivity contribution in [3.05, 3.63) is 33.4 Å². The number of rotatable bonds is 6. The number of alkyl halides is 1. The molecule has 18 heavy (non-hydrogen) atoms. The van der Waals surface area contributed by atoms with Gasteiger partial charge in [0.2, 0.25) is 0 Å². The molecular formula is C14H19ClINO. The molecule has 0 heterocycles. The van der Waals surface area contributed by atoms with Gasteiger partial charge in [0.05, 0.1) is 10.9 Å². The smallest absolute Gasteiger partial charge is 0.252 e. The minimum atomic E-state index is -0.0448. The van der Waals surface area contributed by atoms with E-state index >= 15 is 0 Å². The van der Waals surface area contributed by atoms with E-state index in [2.05, 4.69) is 41.8 Å². The summed E-state index contributed by atoms with van der Waals surface area (Å²) in [6, 6.07) is 7.55. The van der Waals surface area contributed by atoms with Gasteiger partial charge in [-0.05, 0) is 40.6 Å². The fourth-order valence-electron chi connectivity index (χ4n) is 1.90. The van der Waals surface area contributed by atoms with Gasteiger partial charge in [-0.15, -0.1) is 11.6 Å². The lowest BCUT2D eigenvalue weighted by atomic mass is 9.99. The lowest BCUT2D eigenvalue weighted by Crippen LogP contribution is -2.33. The maximum Gasteiger partial charge on any atom is 0.252 e. The van der Waals surface area contributed by atoms with Gasteiger partial charge in [0.15, 0.2) is 0 Å². The van der Waals surface area contributed by atoms with E-state index in [1.165, 1.54) is 0 Å². The standard InChI is InChI=1S/C14H19ClINO/c1-3-10(4-2)12(15)9-17-14(18)11-7-5-6-8-13(11)16/h5-8,10,12H,3-4,9H2,1-2H3,(H,17,18). The molecular weight excluding hydrogens is 361 g/mol. The molecule has 2 nitrogen and oxygen atoms in total. The Morgan fingerprint density at radius 2 is 1.94 bits per heavy atom. The third-order valence-electron chi connectivity index (χ3n) is 3.14. The van der Waals surface area contributed by atoms with Gasteiger partial charge in [0.25, 0.3) is 5.91 Å². The Bertz CT molecular complexity index is 393.